The third-order valence-corrected chi connectivity index (χ3v) is 3.46. The predicted molar refractivity (Wildman–Crippen MR) is 101 cm³/mol. The summed E-state index contributed by atoms with van der Waals surface area (Å²) in [4.78, 5) is 8.20. The lowest BCUT2D eigenvalue weighted by Crippen LogP contribution is -2.32. The van der Waals surface area contributed by atoms with Crippen LogP contribution in [0.1, 0.15) is 32.2 Å². The zero-order chi connectivity index (χ0) is 19.7. The molecule has 0 spiro atoms. The normalized spacial score (nSPS) is 11.2. The Hall–Kier alpha value is -2.87. The Morgan fingerprint density at radius 1 is 1.23 bits per heavy atom. The molecular weight excluding hydrogens is 335 g/mol. The highest BCUT2D eigenvalue weighted by atomic mass is 19.1. The van der Waals surface area contributed by atoms with Gasteiger partial charge < -0.3 is 21.2 Å². The van der Waals surface area contributed by atoms with Gasteiger partial charge in [-0.25, -0.2) is 20.2 Å². The van der Waals surface area contributed by atoms with Gasteiger partial charge >= 0.3 is 0 Å². The monoisotopic (exact) mass is 362 g/mol. The number of nitrogens with two attached hydrogens (primary N) is 3. The number of halogens is 1. The Balaban J connectivity index is 0.00000163. The highest BCUT2D eigenvalue weighted by Crippen LogP contribution is 2.15. The number of aryl methyl sites for hydroxylation is 1. The van der Waals surface area contributed by atoms with Crippen molar-refractivity contribution in [2.24, 2.45) is 11.6 Å². The predicted octanol–water partition coefficient (Wildman–Crippen LogP) is 2.48. The number of aromatic nitrogens is 2. The van der Waals surface area contributed by atoms with E-state index in [1.54, 1.807) is 20.0 Å². The maximum absolute atomic E-state index is 12.9. The molecule has 2 rings (SSSR count). The first-order valence-electron chi connectivity index (χ1n) is 8.30. The third-order valence-electron chi connectivity index (χ3n) is 3.46. The van der Waals surface area contributed by atoms with Crippen molar-refractivity contribution < 1.29 is 9.13 Å². The van der Waals surface area contributed by atoms with Crippen LogP contribution in [0.25, 0.3) is 0 Å². The molecule has 8 heteroatoms. The van der Waals surface area contributed by atoms with Gasteiger partial charge in [-0.05, 0) is 38.1 Å². The van der Waals surface area contributed by atoms with Crippen LogP contribution in [-0.4, -0.2) is 21.6 Å². The summed E-state index contributed by atoms with van der Waals surface area (Å²) in [5.74, 6) is 7.20. The molecule has 6 N–H and O–H groups in total. The minimum Gasteiger partial charge on any atom is -0.487 e. The molecule has 0 fully saturated rings. The molecule has 0 saturated carbocycles. The van der Waals surface area contributed by atoms with E-state index in [1.807, 2.05) is 13.8 Å². The number of allylic oxidation sites excluding steroid dienone is 1. The molecule has 1 heterocycles. The van der Waals surface area contributed by atoms with E-state index in [1.165, 1.54) is 29.3 Å². The second-order valence-electron chi connectivity index (χ2n) is 5.31. The van der Waals surface area contributed by atoms with Gasteiger partial charge in [0.05, 0.1) is 12.2 Å². The summed E-state index contributed by atoms with van der Waals surface area (Å²) in [5.41, 5.74) is 13.7. The molecule has 7 nitrogen and oxygen atoms in total. The second-order valence-corrected chi connectivity index (χ2v) is 5.31. The van der Waals surface area contributed by atoms with E-state index in [9.17, 15) is 4.39 Å². The van der Waals surface area contributed by atoms with Crippen molar-refractivity contribution in [1.82, 2.24) is 15.0 Å². The standard InChI is InChI=1S/C16H21FN6O.C2H6/c1-10(15(18)9-24-14-5-3-13(17)4-6-14)23(20)8-12-7-21-11(2)22-16(12)19;1-2/h3-7H,8-9,18,20H2,1-2H3,(H2,19,21,22);1-2H3/b15-10-;. The molecule has 1 aromatic carbocycles. The average molecular weight is 362 g/mol. The van der Waals surface area contributed by atoms with Crippen molar-refractivity contribution >= 4 is 5.82 Å². The Morgan fingerprint density at radius 3 is 2.42 bits per heavy atom. The Labute approximate surface area is 153 Å². The highest BCUT2D eigenvalue weighted by molar-refractivity contribution is 5.37. The second kappa shape index (κ2) is 10.2. The molecule has 0 saturated heterocycles. The molecule has 2 aromatic rings. The SMILES string of the molecule is C/C(=C(/N)COc1ccc(F)cc1)N(N)Cc1cnc(C)nc1N.CC. The van der Waals surface area contributed by atoms with Crippen LogP contribution in [-0.2, 0) is 6.54 Å². The van der Waals surface area contributed by atoms with Crippen LogP contribution < -0.4 is 22.0 Å². The van der Waals surface area contributed by atoms with E-state index in [4.69, 9.17) is 22.0 Å². The summed E-state index contributed by atoms with van der Waals surface area (Å²) < 4.78 is 18.4. The highest BCUT2D eigenvalue weighted by Gasteiger charge is 2.10. The molecule has 0 radical (unpaired) electrons. The third kappa shape index (κ3) is 6.21. The smallest absolute Gasteiger partial charge is 0.132 e. The average Bonchev–Trinajstić information content (AvgIpc) is 2.64. The van der Waals surface area contributed by atoms with Crippen LogP contribution in [0.2, 0.25) is 0 Å². The number of benzene rings is 1. The number of rotatable bonds is 6. The van der Waals surface area contributed by atoms with Crippen LogP contribution in [0.3, 0.4) is 0 Å². The van der Waals surface area contributed by atoms with Crippen LogP contribution in [0, 0.1) is 12.7 Å². The van der Waals surface area contributed by atoms with Gasteiger partial charge in [-0.3, -0.25) is 0 Å². The first-order valence-corrected chi connectivity index (χ1v) is 8.30. The van der Waals surface area contributed by atoms with E-state index in [2.05, 4.69) is 9.97 Å². The Kier molecular flexibility index (Phi) is 8.30. The number of nitrogens with zero attached hydrogens (tertiary/aromatic N) is 3. The summed E-state index contributed by atoms with van der Waals surface area (Å²) >= 11 is 0. The van der Waals surface area contributed by atoms with Gasteiger partial charge in [0.15, 0.2) is 0 Å². The molecule has 0 atom stereocenters. The van der Waals surface area contributed by atoms with Crippen molar-refractivity contribution in [3.8, 4) is 5.75 Å². The molecular formula is C18H27FN6O. The van der Waals surface area contributed by atoms with E-state index >= 15 is 0 Å². The maximum atomic E-state index is 12.9. The molecule has 142 valence electrons. The summed E-state index contributed by atoms with van der Waals surface area (Å²) in [7, 11) is 0. The topological polar surface area (TPSA) is 116 Å². The molecule has 0 aliphatic heterocycles. The number of nitrogen functional groups attached to an aromatic ring is 1. The molecule has 0 bridgehead atoms. The number of hydrazine groups is 1. The summed E-state index contributed by atoms with van der Waals surface area (Å²) in [5, 5.41) is 1.45. The molecule has 1 aromatic heterocycles. The van der Waals surface area contributed by atoms with E-state index in [0.717, 1.165) is 0 Å². The van der Waals surface area contributed by atoms with Crippen molar-refractivity contribution in [1.29, 1.82) is 0 Å². The Bertz CT molecular complexity index is 733. The number of hydrogen-bond acceptors (Lipinski definition) is 7. The van der Waals surface area contributed by atoms with Gasteiger partial charge in [0.1, 0.15) is 29.8 Å². The van der Waals surface area contributed by atoms with Crippen LogP contribution in [0.15, 0.2) is 41.9 Å². The van der Waals surface area contributed by atoms with Crippen LogP contribution in [0.4, 0.5) is 10.2 Å². The van der Waals surface area contributed by atoms with Gasteiger partial charge in [-0.15, -0.1) is 0 Å². The quantitative estimate of drug-likeness (QED) is 0.534. The molecule has 0 unspecified atom stereocenters. The first kappa shape index (κ1) is 21.2. The lowest BCUT2D eigenvalue weighted by Gasteiger charge is -2.22. The molecule has 0 aliphatic rings. The first-order chi connectivity index (χ1) is 12.4. The van der Waals surface area contributed by atoms with Crippen LogP contribution in [0.5, 0.6) is 5.75 Å². The van der Waals surface area contributed by atoms with Crippen molar-refractivity contribution in [2.75, 3.05) is 12.3 Å². The minimum absolute atomic E-state index is 0.130. The van der Waals surface area contributed by atoms with Gasteiger partial charge in [0.25, 0.3) is 0 Å². The van der Waals surface area contributed by atoms with E-state index in [-0.39, 0.29) is 12.4 Å². The molecule has 0 aliphatic carbocycles. The molecule has 26 heavy (non-hydrogen) atoms. The number of hydrogen-bond donors (Lipinski definition) is 3. The lowest BCUT2D eigenvalue weighted by molar-refractivity contribution is 0.318. The fourth-order valence-corrected chi connectivity index (χ4v) is 1.92. The van der Waals surface area contributed by atoms with Gasteiger partial charge in [-0.2, -0.15) is 0 Å². The fourth-order valence-electron chi connectivity index (χ4n) is 1.92. The lowest BCUT2D eigenvalue weighted by atomic mass is 10.2. The van der Waals surface area contributed by atoms with Gasteiger partial charge in [0.2, 0.25) is 0 Å². The largest absolute Gasteiger partial charge is 0.487 e. The summed E-state index contributed by atoms with van der Waals surface area (Å²) in [6, 6.07) is 5.69. The number of anilines is 1. The fraction of sp³-hybridized carbons (Fsp3) is 0.333. The molecule has 0 amide bonds. The summed E-state index contributed by atoms with van der Waals surface area (Å²) in [6.45, 7) is 7.98. The maximum Gasteiger partial charge on any atom is 0.132 e. The van der Waals surface area contributed by atoms with Gasteiger partial charge in [-0.1, -0.05) is 13.8 Å². The van der Waals surface area contributed by atoms with Crippen molar-refractivity contribution in [2.45, 2.75) is 34.2 Å². The number of ether oxygens (including phenoxy) is 1. The van der Waals surface area contributed by atoms with E-state index in [0.29, 0.717) is 40.9 Å². The minimum atomic E-state index is -0.326. The zero-order valence-corrected chi connectivity index (χ0v) is 15.7. The van der Waals surface area contributed by atoms with Gasteiger partial charge in [0, 0.05) is 17.5 Å². The van der Waals surface area contributed by atoms with E-state index < -0.39 is 0 Å². The zero-order valence-electron chi connectivity index (χ0n) is 15.7. The van der Waals surface area contributed by atoms with Crippen LogP contribution >= 0.6 is 0 Å². The Morgan fingerprint density at radius 2 is 1.85 bits per heavy atom. The summed E-state index contributed by atoms with van der Waals surface area (Å²) in [6.07, 6.45) is 1.63. The van der Waals surface area contributed by atoms with Crippen molar-refractivity contribution in [3.05, 3.63) is 59.1 Å². The van der Waals surface area contributed by atoms with Crippen molar-refractivity contribution in [3.63, 3.8) is 0 Å².